The molecular weight excluding hydrogens is 260 g/mol. The van der Waals surface area contributed by atoms with Crippen LogP contribution in [0, 0.1) is 23.2 Å². The number of nitrogens with one attached hydrogen (secondary N) is 1. The van der Waals surface area contributed by atoms with Gasteiger partial charge in [0.1, 0.15) is 0 Å². The summed E-state index contributed by atoms with van der Waals surface area (Å²) >= 11 is 0. The number of hydrogen-bond acceptors (Lipinski definition) is 2. The molecular formula is C18H22N2O. The van der Waals surface area contributed by atoms with Crippen molar-refractivity contribution in [1.82, 2.24) is 5.43 Å². The highest BCUT2D eigenvalue weighted by Gasteiger charge is 2.54. The predicted octanol–water partition coefficient (Wildman–Crippen LogP) is 3.35. The molecule has 3 heteroatoms. The minimum absolute atomic E-state index is 0.108. The van der Waals surface area contributed by atoms with Crippen LogP contribution in [0.3, 0.4) is 0 Å². The van der Waals surface area contributed by atoms with Gasteiger partial charge in [0.2, 0.25) is 5.91 Å². The molecule has 4 saturated carbocycles. The van der Waals surface area contributed by atoms with Gasteiger partial charge in [-0.1, -0.05) is 30.3 Å². The van der Waals surface area contributed by atoms with Crippen molar-refractivity contribution in [1.29, 1.82) is 0 Å². The summed E-state index contributed by atoms with van der Waals surface area (Å²) in [6.45, 7) is 0. The van der Waals surface area contributed by atoms with Crippen LogP contribution in [-0.4, -0.2) is 12.1 Å². The van der Waals surface area contributed by atoms with Gasteiger partial charge in [0, 0.05) is 0 Å². The molecule has 0 atom stereocenters. The van der Waals surface area contributed by atoms with Crippen LogP contribution < -0.4 is 5.43 Å². The maximum absolute atomic E-state index is 12.7. The number of rotatable bonds is 3. The Morgan fingerprint density at radius 2 is 1.62 bits per heavy atom. The minimum Gasteiger partial charge on any atom is -0.273 e. The van der Waals surface area contributed by atoms with Crippen LogP contribution in [0.5, 0.6) is 0 Å². The quantitative estimate of drug-likeness (QED) is 0.670. The van der Waals surface area contributed by atoms with Gasteiger partial charge < -0.3 is 0 Å². The van der Waals surface area contributed by atoms with Crippen LogP contribution >= 0.6 is 0 Å². The van der Waals surface area contributed by atoms with Gasteiger partial charge in [-0.15, -0.1) is 0 Å². The summed E-state index contributed by atoms with van der Waals surface area (Å²) in [5, 5.41) is 4.17. The molecule has 0 heterocycles. The molecule has 1 aromatic carbocycles. The molecule has 21 heavy (non-hydrogen) atoms. The number of hydrogen-bond donors (Lipinski definition) is 1. The third kappa shape index (κ3) is 2.39. The molecule has 4 aliphatic carbocycles. The van der Waals surface area contributed by atoms with Gasteiger partial charge in [0.25, 0.3) is 0 Å². The van der Waals surface area contributed by atoms with Gasteiger partial charge in [-0.2, -0.15) is 5.10 Å². The average molecular weight is 282 g/mol. The number of benzene rings is 1. The topological polar surface area (TPSA) is 41.5 Å². The molecule has 0 saturated heterocycles. The molecule has 0 radical (unpaired) electrons. The second-order valence-electron chi connectivity index (χ2n) is 7.31. The summed E-state index contributed by atoms with van der Waals surface area (Å²) < 4.78 is 0. The summed E-state index contributed by atoms with van der Waals surface area (Å²) in [6.07, 6.45) is 9.08. The normalized spacial score (nSPS) is 37.0. The molecule has 1 N–H and O–H groups in total. The molecule has 5 rings (SSSR count). The molecule has 4 aliphatic rings. The molecule has 0 aromatic heterocycles. The van der Waals surface area contributed by atoms with Crippen molar-refractivity contribution in [3.8, 4) is 0 Å². The van der Waals surface area contributed by atoms with Gasteiger partial charge >= 0.3 is 0 Å². The van der Waals surface area contributed by atoms with Crippen molar-refractivity contribution < 1.29 is 4.79 Å². The van der Waals surface area contributed by atoms with E-state index in [2.05, 4.69) is 10.5 Å². The third-order valence-electron chi connectivity index (χ3n) is 5.70. The van der Waals surface area contributed by atoms with E-state index in [1.165, 1.54) is 19.3 Å². The molecule has 4 bridgehead atoms. The molecule has 0 spiro atoms. The van der Waals surface area contributed by atoms with Gasteiger partial charge in [0.05, 0.1) is 11.6 Å². The molecule has 110 valence electrons. The first-order chi connectivity index (χ1) is 10.2. The lowest BCUT2D eigenvalue weighted by Crippen LogP contribution is -2.52. The van der Waals surface area contributed by atoms with E-state index in [0.29, 0.717) is 0 Å². The van der Waals surface area contributed by atoms with E-state index in [4.69, 9.17) is 0 Å². The Morgan fingerprint density at radius 3 is 2.19 bits per heavy atom. The Hall–Kier alpha value is -1.64. The van der Waals surface area contributed by atoms with Crippen LogP contribution in [0.2, 0.25) is 0 Å². The van der Waals surface area contributed by atoms with Crippen molar-refractivity contribution >= 4 is 12.1 Å². The third-order valence-corrected chi connectivity index (χ3v) is 5.70. The number of nitrogens with zero attached hydrogens (tertiary/aromatic N) is 1. The monoisotopic (exact) mass is 282 g/mol. The molecule has 1 amide bonds. The Kier molecular flexibility index (Phi) is 3.09. The van der Waals surface area contributed by atoms with Crippen molar-refractivity contribution in [3.63, 3.8) is 0 Å². The van der Waals surface area contributed by atoms with E-state index in [1.54, 1.807) is 6.21 Å². The fraction of sp³-hybridized carbons (Fsp3) is 0.556. The largest absolute Gasteiger partial charge is 0.273 e. The summed E-state index contributed by atoms with van der Waals surface area (Å²) in [4.78, 5) is 12.7. The van der Waals surface area contributed by atoms with E-state index in [0.717, 1.165) is 42.6 Å². The Bertz CT molecular complexity index is 529. The molecule has 3 nitrogen and oxygen atoms in total. The molecule has 0 aliphatic heterocycles. The fourth-order valence-electron chi connectivity index (χ4n) is 5.21. The maximum Gasteiger partial charge on any atom is 0.246 e. The van der Waals surface area contributed by atoms with Crippen molar-refractivity contribution in [2.75, 3.05) is 0 Å². The lowest BCUT2D eigenvalue weighted by molar-refractivity contribution is -0.146. The van der Waals surface area contributed by atoms with E-state index in [-0.39, 0.29) is 11.3 Å². The summed E-state index contributed by atoms with van der Waals surface area (Å²) in [5.41, 5.74) is 3.73. The highest BCUT2D eigenvalue weighted by atomic mass is 16.2. The summed E-state index contributed by atoms with van der Waals surface area (Å²) in [6, 6.07) is 9.90. The van der Waals surface area contributed by atoms with Crippen LogP contribution in [0.25, 0.3) is 0 Å². The zero-order chi connectivity index (χ0) is 14.3. The van der Waals surface area contributed by atoms with Crippen LogP contribution in [0.4, 0.5) is 0 Å². The smallest absolute Gasteiger partial charge is 0.246 e. The first-order valence-electron chi connectivity index (χ1n) is 8.12. The Morgan fingerprint density at radius 1 is 1.05 bits per heavy atom. The highest BCUT2D eigenvalue weighted by molar-refractivity contribution is 5.85. The maximum atomic E-state index is 12.7. The number of amides is 1. The highest BCUT2D eigenvalue weighted by Crippen LogP contribution is 2.60. The predicted molar refractivity (Wildman–Crippen MR) is 82.8 cm³/mol. The van der Waals surface area contributed by atoms with Gasteiger partial charge in [-0.3, -0.25) is 4.79 Å². The SMILES string of the molecule is O=C(NN=Cc1ccccc1)C12CC3CC(CC(C3)C1)C2. The zero-order valence-corrected chi connectivity index (χ0v) is 12.3. The minimum atomic E-state index is -0.108. The molecule has 4 fully saturated rings. The fourth-order valence-corrected chi connectivity index (χ4v) is 5.21. The first kappa shape index (κ1) is 13.1. The summed E-state index contributed by atoms with van der Waals surface area (Å²) in [5.74, 6) is 2.54. The number of carbonyl (C=O) groups is 1. The van der Waals surface area contributed by atoms with Gasteiger partial charge in [0.15, 0.2) is 0 Å². The Balaban J connectivity index is 1.44. The second kappa shape index (κ2) is 4.97. The number of carbonyl (C=O) groups excluding carboxylic acids is 1. The van der Waals surface area contributed by atoms with Gasteiger partial charge in [-0.05, 0) is 61.8 Å². The Labute approximate surface area is 125 Å². The first-order valence-corrected chi connectivity index (χ1v) is 8.12. The van der Waals surface area contributed by atoms with E-state index >= 15 is 0 Å². The van der Waals surface area contributed by atoms with Crippen LogP contribution in [0.1, 0.15) is 44.1 Å². The van der Waals surface area contributed by atoms with Crippen molar-refractivity contribution in [2.24, 2.45) is 28.3 Å². The van der Waals surface area contributed by atoms with Crippen molar-refractivity contribution in [2.45, 2.75) is 38.5 Å². The summed E-state index contributed by atoms with van der Waals surface area (Å²) in [7, 11) is 0. The molecule has 0 unspecified atom stereocenters. The van der Waals surface area contributed by atoms with Crippen LogP contribution in [0.15, 0.2) is 35.4 Å². The van der Waals surface area contributed by atoms with E-state index in [1.807, 2.05) is 30.3 Å². The lowest BCUT2D eigenvalue weighted by atomic mass is 9.49. The standard InChI is InChI=1S/C18H22N2O/c21-17(20-19-12-13-4-2-1-3-5-13)18-9-14-6-15(10-18)8-16(7-14)11-18/h1-5,12,14-16H,6-11H2,(H,20,21). The van der Waals surface area contributed by atoms with Crippen LogP contribution in [-0.2, 0) is 4.79 Å². The average Bonchev–Trinajstić information content (AvgIpc) is 2.47. The van der Waals surface area contributed by atoms with E-state index < -0.39 is 0 Å². The lowest BCUT2D eigenvalue weighted by Gasteiger charge is -2.55. The van der Waals surface area contributed by atoms with E-state index in [9.17, 15) is 4.79 Å². The molecule has 1 aromatic rings. The van der Waals surface area contributed by atoms with Crippen molar-refractivity contribution in [3.05, 3.63) is 35.9 Å². The second-order valence-corrected chi connectivity index (χ2v) is 7.31. The number of hydrazone groups is 1. The zero-order valence-electron chi connectivity index (χ0n) is 12.3. The van der Waals surface area contributed by atoms with Gasteiger partial charge in [-0.25, -0.2) is 5.43 Å².